The van der Waals surface area contributed by atoms with Gasteiger partial charge in [-0.15, -0.1) is 0 Å². The molecule has 0 saturated carbocycles. The summed E-state index contributed by atoms with van der Waals surface area (Å²) in [5.41, 5.74) is 3.04. The average molecular weight is 351 g/mol. The van der Waals surface area contributed by atoms with Gasteiger partial charge in [0.05, 0.1) is 0 Å². The zero-order chi connectivity index (χ0) is 18.5. The molecule has 3 rings (SSSR count). The number of carbonyl (C=O) groups excluding carboxylic acids is 3. The molecule has 0 spiro atoms. The summed E-state index contributed by atoms with van der Waals surface area (Å²) in [6, 6.07) is 14.3. The van der Waals surface area contributed by atoms with Crippen LogP contribution in [0.2, 0.25) is 0 Å². The van der Waals surface area contributed by atoms with Gasteiger partial charge in [0.25, 0.3) is 0 Å². The Balaban J connectivity index is 1.55. The predicted octanol–water partition coefficient (Wildman–Crippen LogP) is 3.13. The zero-order valence-corrected chi connectivity index (χ0v) is 14.6. The van der Waals surface area contributed by atoms with E-state index in [1.54, 1.807) is 35.2 Å². The van der Waals surface area contributed by atoms with Crippen LogP contribution in [0, 0.1) is 6.92 Å². The van der Waals surface area contributed by atoms with Crippen LogP contribution in [-0.2, 0) is 4.79 Å². The highest BCUT2D eigenvalue weighted by molar-refractivity contribution is 6.00. The Kier molecular flexibility index (Phi) is 5.31. The number of urea groups is 1. The Morgan fingerprint density at radius 3 is 2.58 bits per heavy atom. The summed E-state index contributed by atoms with van der Waals surface area (Å²) < 4.78 is 0. The van der Waals surface area contributed by atoms with E-state index in [1.807, 2.05) is 25.1 Å². The van der Waals surface area contributed by atoms with Gasteiger partial charge in [-0.05, 0) is 25.1 Å². The summed E-state index contributed by atoms with van der Waals surface area (Å²) in [6.45, 7) is 3.17. The molecule has 3 amide bonds. The van der Waals surface area contributed by atoms with Crippen molar-refractivity contribution in [2.75, 3.05) is 23.3 Å². The van der Waals surface area contributed by atoms with Crippen LogP contribution < -0.4 is 15.5 Å². The second-order valence-electron chi connectivity index (χ2n) is 6.27. The first-order chi connectivity index (χ1) is 12.5. The van der Waals surface area contributed by atoms with Gasteiger partial charge < -0.3 is 10.6 Å². The van der Waals surface area contributed by atoms with Crippen LogP contribution in [-0.4, -0.2) is 30.8 Å². The standard InChI is InChI=1S/C20H21N3O3/c1-14-5-7-15(8-6-14)18(24)9-10-19(25)22-16-3-2-4-17(13-16)23-12-11-21-20(23)26/h2-8,13H,9-12H2,1H3,(H,21,26)(H,22,25). The van der Waals surface area contributed by atoms with E-state index in [9.17, 15) is 14.4 Å². The largest absolute Gasteiger partial charge is 0.336 e. The monoisotopic (exact) mass is 351 g/mol. The van der Waals surface area contributed by atoms with Gasteiger partial charge in [0, 0.05) is 42.9 Å². The lowest BCUT2D eigenvalue weighted by atomic mass is 10.0. The Morgan fingerprint density at radius 2 is 1.88 bits per heavy atom. The maximum atomic E-state index is 12.1. The highest BCUT2D eigenvalue weighted by Gasteiger charge is 2.21. The number of anilines is 2. The number of nitrogens with zero attached hydrogens (tertiary/aromatic N) is 1. The number of hydrogen-bond acceptors (Lipinski definition) is 3. The molecule has 1 heterocycles. The first-order valence-corrected chi connectivity index (χ1v) is 8.58. The van der Waals surface area contributed by atoms with Gasteiger partial charge in [-0.25, -0.2) is 4.79 Å². The smallest absolute Gasteiger partial charge is 0.321 e. The highest BCUT2D eigenvalue weighted by Crippen LogP contribution is 2.21. The van der Waals surface area contributed by atoms with Gasteiger partial charge >= 0.3 is 6.03 Å². The van der Waals surface area contributed by atoms with E-state index in [0.717, 1.165) is 11.3 Å². The number of aryl methyl sites for hydroxylation is 1. The summed E-state index contributed by atoms with van der Waals surface area (Å²) in [7, 11) is 0. The number of amides is 3. The predicted molar refractivity (Wildman–Crippen MR) is 101 cm³/mol. The van der Waals surface area contributed by atoms with E-state index in [4.69, 9.17) is 0 Å². The van der Waals surface area contributed by atoms with Crippen molar-refractivity contribution >= 4 is 29.1 Å². The highest BCUT2D eigenvalue weighted by atomic mass is 16.2. The molecule has 1 aliphatic rings. The number of hydrogen-bond donors (Lipinski definition) is 2. The Morgan fingerprint density at radius 1 is 1.12 bits per heavy atom. The van der Waals surface area contributed by atoms with Crippen molar-refractivity contribution in [3.05, 3.63) is 59.7 Å². The second-order valence-corrected chi connectivity index (χ2v) is 6.27. The third-order valence-corrected chi connectivity index (χ3v) is 4.25. The molecule has 134 valence electrons. The molecule has 0 aromatic heterocycles. The van der Waals surface area contributed by atoms with Crippen LogP contribution in [0.4, 0.5) is 16.2 Å². The maximum absolute atomic E-state index is 12.1. The molecule has 0 aliphatic carbocycles. The van der Waals surface area contributed by atoms with Crippen LogP contribution in [0.15, 0.2) is 48.5 Å². The molecule has 26 heavy (non-hydrogen) atoms. The summed E-state index contributed by atoms with van der Waals surface area (Å²) in [5, 5.41) is 5.53. The van der Waals surface area contributed by atoms with Crippen LogP contribution in [0.5, 0.6) is 0 Å². The molecule has 1 aliphatic heterocycles. The number of carbonyl (C=O) groups is 3. The molecule has 6 heteroatoms. The molecule has 0 unspecified atom stereocenters. The van der Waals surface area contributed by atoms with Crippen molar-refractivity contribution in [1.29, 1.82) is 0 Å². The van der Waals surface area contributed by atoms with Crippen molar-refractivity contribution < 1.29 is 14.4 Å². The van der Waals surface area contributed by atoms with E-state index >= 15 is 0 Å². The van der Waals surface area contributed by atoms with Gasteiger partial charge in [0.15, 0.2) is 5.78 Å². The van der Waals surface area contributed by atoms with E-state index in [0.29, 0.717) is 24.3 Å². The molecule has 1 saturated heterocycles. The van der Waals surface area contributed by atoms with Crippen molar-refractivity contribution in [3.63, 3.8) is 0 Å². The third kappa shape index (κ3) is 4.27. The molecule has 6 nitrogen and oxygen atoms in total. The van der Waals surface area contributed by atoms with Crippen molar-refractivity contribution in [1.82, 2.24) is 5.32 Å². The molecular formula is C20H21N3O3. The maximum Gasteiger partial charge on any atom is 0.321 e. The van der Waals surface area contributed by atoms with Gasteiger partial charge in [-0.3, -0.25) is 14.5 Å². The molecule has 2 N–H and O–H groups in total. The number of benzene rings is 2. The number of Topliss-reactive ketones (excluding diaryl/α,β-unsaturated/α-hetero) is 1. The minimum Gasteiger partial charge on any atom is -0.336 e. The number of nitrogens with one attached hydrogen (secondary N) is 2. The van der Waals surface area contributed by atoms with E-state index < -0.39 is 0 Å². The number of rotatable bonds is 6. The average Bonchev–Trinajstić information content (AvgIpc) is 3.06. The van der Waals surface area contributed by atoms with Crippen LogP contribution in [0.25, 0.3) is 0 Å². The fourth-order valence-electron chi connectivity index (χ4n) is 2.80. The molecule has 0 atom stereocenters. The van der Waals surface area contributed by atoms with Crippen molar-refractivity contribution in [2.45, 2.75) is 19.8 Å². The first kappa shape index (κ1) is 17.7. The quantitative estimate of drug-likeness (QED) is 0.785. The van der Waals surface area contributed by atoms with Gasteiger partial charge in [-0.2, -0.15) is 0 Å². The summed E-state index contributed by atoms with van der Waals surface area (Å²) in [5.74, 6) is -0.281. The minimum atomic E-state index is -0.228. The summed E-state index contributed by atoms with van der Waals surface area (Å²) in [6.07, 6.45) is 0.268. The van der Waals surface area contributed by atoms with E-state index in [1.165, 1.54) is 0 Å². The van der Waals surface area contributed by atoms with E-state index in [2.05, 4.69) is 10.6 Å². The third-order valence-electron chi connectivity index (χ3n) is 4.25. The normalized spacial score (nSPS) is 13.4. The SMILES string of the molecule is Cc1ccc(C(=O)CCC(=O)Nc2cccc(N3CCNC3=O)c2)cc1. The fraction of sp³-hybridized carbons (Fsp3) is 0.250. The van der Waals surface area contributed by atoms with Crippen LogP contribution in [0.1, 0.15) is 28.8 Å². The second kappa shape index (κ2) is 7.82. The minimum absolute atomic E-state index is 0.0531. The molecule has 2 aromatic rings. The Labute approximate surface area is 152 Å². The Hall–Kier alpha value is -3.15. The van der Waals surface area contributed by atoms with Crippen LogP contribution in [0.3, 0.4) is 0 Å². The van der Waals surface area contributed by atoms with Crippen molar-refractivity contribution in [3.8, 4) is 0 Å². The molecule has 0 radical (unpaired) electrons. The topological polar surface area (TPSA) is 78.5 Å². The number of ketones is 1. The lowest BCUT2D eigenvalue weighted by molar-refractivity contribution is -0.116. The molecule has 1 fully saturated rings. The Bertz CT molecular complexity index is 830. The zero-order valence-electron chi connectivity index (χ0n) is 14.6. The van der Waals surface area contributed by atoms with Crippen LogP contribution >= 0.6 is 0 Å². The fourth-order valence-corrected chi connectivity index (χ4v) is 2.80. The lowest BCUT2D eigenvalue weighted by Gasteiger charge is -2.15. The van der Waals surface area contributed by atoms with Crippen molar-refractivity contribution in [2.24, 2.45) is 0 Å². The summed E-state index contributed by atoms with van der Waals surface area (Å²) in [4.78, 5) is 37.6. The molecule has 2 aromatic carbocycles. The van der Waals surface area contributed by atoms with Gasteiger partial charge in [-0.1, -0.05) is 35.9 Å². The van der Waals surface area contributed by atoms with Gasteiger partial charge in [0.1, 0.15) is 0 Å². The molecular weight excluding hydrogens is 330 g/mol. The van der Waals surface area contributed by atoms with Gasteiger partial charge in [0.2, 0.25) is 5.91 Å². The first-order valence-electron chi connectivity index (χ1n) is 8.58. The van der Waals surface area contributed by atoms with E-state index in [-0.39, 0.29) is 30.6 Å². The lowest BCUT2D eigenvalue weighted by Crippen LogP contribution is -2.27. The summed E-state index contributed by atoms with van der Waals surface area (Å²) >= 11 is 0. The molecule has 0 bridgehead atoms.